The van der Waals surface area contributed by atoms with E-state index < -0.39 is 0 Å². The monoisotopic (exact) mass is 284 g/mol. The van der Waals surface area contributed by atoms with Crippen LogP contribution >= 0.6 is 0 Å². The number of rotatable bonds is 4. The van der Waals surface area contributed by atoms with Gasteiger partial charge in [-0.25, -0.2) is 0 Å². The number of likely N-dealkylation sites (tertiary alicyclic amines) is 1. The van der Waals surface area contributed by atoms with E-state index in [0.29, 0.717) is 13.1 Å². The molecule has 1 aliphatic heterocycles. The van der Waals surface area contributed by atoms with Crippen molar-refractivity contribution in [1.29, 1.82) is 0 Å². The molecule has 1 N–H and O–H groups in total. The lowest BCUT2D eigenvalue weighted by molar-refractivity contribution is 0.322. The van der Waals surface area contributed by atoms with E-state index in [-0.39, 0.29) is 11.3 Å². The number of aromatic nitrogens is 1. The van der Waals surface area contributed by atoms with Crippen molar-refractivity contribution in [2.75, 3.05) is 13.1 Å². The number of pyridine rings is 1. The van der Waals surface area contributed by atoms with Crippen LogP contribution in [0, 0.1) is 0 Å². The summed E-state index contributed by atoms with van der Waals surface area (Å²) in [5.41, 5.74) is 1.47. The third-order valence-corrected chi connectivity index (χ3v) is 4.01. The van der Waals surface area contributed by atoms with E-state index in [2.05, 4.69) is 4.90 Å². The third-order valence-electron chi connectivity index (χ3n) is 4.01. The maximum Gasteiger partial charge on any atom is 0.293 e. The first-order chi connectivity index (χ1) is 10.2. The van der Waals surface area contributed by atoms with Crippen LogP contribution in [0.5, 0.6) is 5.75 Å². The van der Waals surface area contributed by atoms with Crippen molar-refractivity contribution in [1.82, 2.24) is 9.47 Å². The van der Waals surface area contributed by atoms with E-state index in [1.165, 1.54) is 12.8 Å². The summed E-state index contributed by atoms with van der Waals surface area (Å²) in [4.78, 5) is 14.5. The highest BCUT2D eigenvalue weighted by Crippen LogP contribution is 2.17. The van der Waals surface area contributed by atoms with Crippen LogP contribution in [0.25, 0.3) is 0 Å². The molecule has 0 saturated carbocycles. The van der Waals surface area contributed by atoms with Gasteiger partial charge in [0.1, 0.15) is 0 Å². The summed E-state index contributed by atoms with van der Waals surface area (Å²) in [7, 11) is 0. The van der Waals surface area contributed by atoms with Gasteiger partial charge in [-0.2, -0.15) is 0 Å². The summed E-state index contributed by atoms with van der Waals surface area (Å²) >= 11 is 0. The van der Waals surface area contributed by atoms with Crippen LogP contribution in [-0.2, 0) is 13.1 Å². The van der Waals surface area contributed by atoms with E-state index in [1.807, 2.05) is 36.4 Å². The van der Waals surface area contributed by atoms with Crippen molar-refractivity contribution < 1.29 is 5.11 Å². The Morgan fingerprint density at radius 1 is 1.00 bits per heavy atom. The summed E-state index contributed by atoms with van der Waals surface area (Å²) in [5, 5.41) is 10.2. The lowest BCUT2D eigenvalue weighted by Crippen LogP contribution is -2.24. The zero-order chi connectivity index (χ0) is 14.7. The number of hydrogen-bond donors (Lipinski definition) is 1. The Bertz CT molecular complexity index is 658. The standard InChI is InChI=1S/C17H20N2O2/c20-16-15(13-18-9-4-5-10-18)8-11-19(17(16)21)12-14-6-2-1-3-7-14/h1-3,6-8,11,20H,4-5,9-10,12-13H2. The van der Waals surface area contributed by atoms with Gasteiger partial charge in [-0.3, -0.25) is 9.69 Å². The lowest BCUT2D eigenvalue weighted by atomic mass is 10.2. The van der Waals surface area contributed by atoms with Crippen LogP contribution in [0.3, 0.4) is 0 Å². The van der Waals surface area contributed by atoms with Gasteiger partial charge in [-0.1, -0.05) is 30.3 Å². The maximum atomic E-state index is 12.3. The van der Waals surface area contributed by atoms with Gasteiger partial charge in [-0.15, -0.1) is 0 Å². The fourth-order valence-corrected chi connectivity index (χ4v) is 2.81. The van der Waals surface area contributed by atoms with Crippen molar-refractivity contribution in [3.05, 3.63) is 64.1 Å². The summed E-state index contributed by atoms with van der Waals surface area (Å²) in [6, 6.07) is 11.6. The molecule has 0 atom stereocenters. The van der Waals surface area contributed by atoms with Gasteiger partial charge in [0.05, 0.1) is 6.54 Å². The summed E-state index contributed by atoms with van der Waals surface area (Å²) in [6.07, 6.45) is 4.18. The lowest BCUT2D eigenvalue weighted by Gasteiger charge is -2.16. The summed E-state index contributed by atoms with van der Waals surface area (Å²) < 4.78 is 1.55. The quantitative estimate of drug-likeness (QED) is 0.936. The highest BCUT2D eigenvalue weighted by atomic mass is 16.3. The largest absolute Gasteiger partial charge is 0.503 e. The van der Waals surface area contributed by atoms with Crippen molar-refractivity contribution in [2.45, 2.75) is 25.9 Å². The molecule has 1 saturated heterocycles. The Kier molecular flexibility index (Phi) is 4.06. The van der Waals surface area contributed by atoms with Crippen LogP contribution < -0.4 is 5.56 Å². The van der Waals surface area contributed by atoms with Gasteiger partial charge in [0.25, 0.3) is 5.56 Å². The first kappa shape index (κ1) is 13.9. The molecule has 1 aromatic carbocycles. The van der Waals surface area contributed by atoms with Crippen LogP contribution in [0.4, 0.5) is 0 Å². The van der Waals surface area contributed by atoms with E-state index >= 15 is 0 Å². The topological polar surface area (TPSA) is 45.5 Å². The highest BCUT2D eigenvalue weighted by Gasteiger charge is 2.16. The molecule has 1 aliphatic rings. The number of benzene rings is 1. The minimum Gasteiger partial charge on any atom is -0.503 e. The molecule has 3 rings (SSSR count). The van der Waals surface area contributed by atoms with Gasteiger partial charge >= 0.3 is 0 Å². The average molecular weight is 284 g/mol. The molecule has 0 radical (unpaired) electrons. The van der Waals surface area contributed by atoms with Crippen LogP contribution in [0.15, 0.2) is 47.4 Å². The van der Waals surface area contributed by atoms with Gasteiger partial charge in [-0.05, 0) is 37.6 Å². The summed E-state index contributed by atoms with van der Waals surface area (Å²) in [5.74, 6) is -0.111. The van der Waals surface area contributed by atoms with E-state index in [1.54, 1.807) is 10.8 Å². The maximum absolute atomic E-state index is 12.3. The van der Waals surface area contributed by atoms with E-state index in [4.69, 9.17) is 0 Å². The fourth-order valence-electron chi connectivity index (χ4n) is 2.81. The fraction of sp³-hybridized carbons (Fsp3) is 0.353. The number of hydrogen-bond acceptors (Lipinski definition) is 3. The summed E-state index contributed by atoms with van der Waals surface area (Å²) in [6.45, 7) is 3.24. The zero-order valence-electron chi connectivity index (χ0n) is 12.0. The molecular weight excluding hydrogens is 264 g/mol. The van der Waals surface area contributed by atoms with Gasteiger partial charge < -0.3 is 9.67 Å². The van der Waals surface area contributed by atoms with Gasteiger partial charge in [0.2, 0.25) is 0 Å². The molecule has 0 bridgehead atoms. The Morgan fingerprint density at radius 2 is 1.71 bits per heavy atom. The Labute approximate surface area is 124 Å². The van der Waals surface area contributed by atoms with Crippen molar-refractivity contribution >= 4 is 0 Å². The Hall–Kier alpha value is -2.07. The SMILES string of the molecule is O=c1c(O)c(CN2CCCC2)ccn1Cc1ccccc1. The van der Waals surface area contributed by atoms with Crippen molar-refractivity contribution in [3.8, 4) is 5.75 Å². The molecule has 0 aliphatic carbocycles. The van der Waals surface area contributed by atoms with Crippen LogP contribution in [0.1, 0.15) is 24.0 Å². The van der Waals surface area contributed by atoms with E-state index in [0.717, 1.165) is 24.2 Å². The minimum absolute atomic E-state index is 0.111. The predicted molar refractivity (Wildman–Crippen MR) is 82.4 cm³/mol. The minimum atomic E-state index is -0.310. The van der Waals surface area contributed by atoms with Crippen molar-refractivity contribution in [2.24, 2.45) is 0 Å². The molecule has 4 nitrogen and oxygen atoms in total. The normalized spacial score (nSPS) is 15.4. The molecule has 2 heterocycles. The second-order valence-corrected chi connectivity index (χ2v) is 5.59. The molecule has 0 spiro atoms. The second-order valence-electron chi connectivity index (χ2n) is 5.59. The molecule has 110 valence electrons. The number of aromatic hydroxyl groups is 1. The number of nitrogens with zero attached hydrogens (tertiary/aromatic N) is 2. The molecule has 21 heavy (non-hydrogen) atoms. The molecule has 1 fully saturated rings. The Balaban J connectivity index is 1.81. The molecule has 1 aromatic heterocycles. The smallest absolute Gasteiger partial charge is 0.293 e. The Morgan fingerprint density at radius 3 is 2.43 bits per heavy atom. The molecule has 2 aromatic rings. The highest BCUT2D eigenvalue weighted by molar-refractivity contribution is 5.29. The van der Waals surface area contributed by atoms with E-state index in [9.17, 15) is 9.90 Å². The molecule has 0 unspecified atom stereocenters. The molecule has 4 heteroatoms. The van der Waals surface area contributed by atoms with Gasteiger partial charge in [0, 0.05) is 18.3 Å². The van der Waals surface area contributed by atoms with Crippen LogP contribution in [-0.4, -0.2) is 27.7 Å². The second kappa shape index (κ2) is 6.14. The zero-order valence-corrected chi connectivity index (χ0v) is 12.0. The average Bonchev–Trinajstić information content (AvgIpc) is 3.01. The molecular formula is C17H20N2O2. The van der Waals surface area contributed by atoms with Gasteiger partial charge in [0.15, 0.2) is 5.75 Å². The predicted octanol–water partition coefficient (Wildman–Crippen LogP) is 2.20. The first-order valence-corrected chi connectivity index (χ1v) is 7.41. The third kappa shape index (κ3) is 3.16. The van der Waals surface area contributed by atoms with Crippen LogP contribution in [0.2, 0.25) is 0 Å². The van der Waals surface area contributed by atoms with Crippen molar-refractivity contribution in [3.63, 3.8) is 0 Å². The first-order valence-electron chi connectivity index (χ1n) is 7.41. The molecule has 0 amide bonds.